The van der Waals surface area contributed by atoms with Crippen molar-refractivity contribution < 1.29 is 4.57 Å². The first-order valence-electron chi connectivity index (χ1n) is 18.5. The number of para-hydroxylation sites is 2. The summed E-state index contributed by atoms with van der Waals surface area (Å²) in [6.45, 7) is 0.802. The van der Waals surface area contributed by atoms with Gasteiger partial charge in [-0.3, -0.25) is 0 Å². The number of nitrogens with zero attached hydrogens (tertiary/aromatic N) is 2. The van der Waals surface area contributed by atoms with E-state index < -0.39 is 5.41 Å². The van der Waals surface area contributed by atoms with Gasteiger partial charge in [0.1, 0.15) is 0 Å². The van der Waals surface area contributed by atoms with Crippen molar-refractivity contribution in [2.24, 2.45) is 0 Å². The lowest BCUT2D eigenvalue weighted by Crippen LogP contribution is -2.32. The van der Waals surface area contributed by atoms with Gasteiger partial charge in [0.05, 0.1) is 16.5 Å². The lowest BCUT2D eigenvalue weighted by atomic mass is 9.67. The van der Waals surface area contributed by atoms with E-state index in [1.807, 2.05) is 0 Å². The Morgan fingerprint density at radius 2 is 1.11 bits per heavy atom. The second kappa shape index (κ2) is 11.6. The first kappa shape index (κ1) is 29.9. The molecule has 2 heterocycles. The number of benzene rings is 8. The van der Waals surface area contributed by atoms with Gasteiger partial charge in [0.25, 0.3) is 0 Å². The first-order valence-corrected chi connectivity index (χ1v) is 18.5. The zero-order chi connectivity index (χ0) is 34.9. The van der Waals surface area contributed by atoms with Crippen LogP contribution in [0.2, 0.25) is 0 Å². The van der Waals surface area contributed by atoms with Crippen LogP contribution in [0.15, 0.2) is 200 Å². The molecule has 8 aromatic carbocycles. The number of pyridine rings is 1. The van der Waals surface area contributed by atoms with Crippen molar-refractivity contribution in [3.05, 3.63) is 228 Å². The minimum Gasteiger partial charge on any atom is -0.336 e. The van der Waals surface area contributed by atoms with E-state index >= 15 is 0 Å². The average Bonchev–Trinajstić information content (AvgIpc) is 3.54. The molecule has 53 heavy (non-hydrogen) atoms. The van der Waals surface area contributed by atoms with E-state index in [2.05, 4.69) is 210 Å². The van der Waals surface area contributed by atoms with Crippen LogP contribution in [-0.4, -0.2) is 0 Å². The number of anilines is 2. The quantitative estimate of drug-likeness (QED) is 0.130. The fourth-order valence-corrected chi connectivity index (χ4v) is 9.34. The Hall–Kier alpha value is -6.77. The fourth-order valence-electron chi connectivity index (χ4n) is 9.34. The van der Waals surface area contributed by atoms with Crippen molar-refractivity contribution in [1.29, 1.82) is 0 Å². The second-order valence-corrected chi connectivity index (χ2v) is 14.3. The summed E-state index contributed by atoms with van der Waals surface area (Å²) in [6, 6.07) is 71.6. The highest BCUT2D eigenvalue weighted by Gasteiger charge is 2.46. The molecule has 0 spiro atoms. The summed E-state index contributed by atoms with van der Waals surface area (Å²) in [4.78, 5) is 2.50. The molecule has 2 aliphatic rings. The van der Waals surface area contributed by atoms with E-state index in [0.717, 1.165) is 12.2 Å². The highest BCUT2D eigenvalue weighted by Crippen LogP contribution is 2.57. The number of rotatable bonds is 5. The molecule has 11 rings (SSSR count). The number of hydrogen-bond acceptors (Lipinski definition) is 1. The van der Waals surface area contributed by atoms with Crippen LogP contribution in [-0.2, 0) is 12.0 Å². The van der Waals surface area contributed by atoms with Crippen molar-refractivity contribution in [3.8, 4) is 27.9 Å². The van der Waals surface area contributed by atoms with Crippen LogP contribution >= 0.6 is 0 Å². The largest absolute Gasteiger partial charge is 0.336 e. The zero-order valence-corrected chi connectivity index (χ0v) is 29.2. The first-order chi connectivity index (χ1) is 26.3. The van der Waals surface area contributed by atoms with Gasteiger partial charge in [-0.25, -0.2) is 0 Å². The van der Waals surface area contributed by atoms with Crippen LogP contribution in [0, 0.1) is 0 Å². The number of fused-ring (bicyclic) bond motifs is 3. The molecule has 1 aliphatic carbocycles. The second-order valence-electron chi connectivity index (χ2n) is 14.3. The number of hydrogen-bond donors (Lipinski definition) is 0. The molecule has 0 fully saturated rings. The molecule has 0 amide bonds. The smallest absolute Gasteiger partial charge is 0.219 e. The molecule has 0 saturated carbocycles. The fraction of sp³-hybridized carbons (Fsp3) is 0.0392. The van der Waals surface area contributed by atoms with Gasteiger partial charge < -0.3 is 4.90 Å². The monoisotopic (exact) mass is 675 g/mol. The van der Waals surface area contributed by atoms with Crippen LogP contribution in [0.3, 0.4) is 0 Å². The van der Waals surface area contributed by atoms with E-state index in [1.165, 1.54) is 83.1 Å². The molecule has 0 unspecified atom stereocenters. The molecule has 1 aromatic heterocycles. The lowest BCUT2D eigenvalue weighted by molar-refractivity contribution is -0.565. The highest BCUT2D eigenvalue weighted by molar-refractivity contribution is 6.16. The maximum atomic E-state index is 2.50. The Labute approximate surface area is 309 Å². The van der Waals surface area contributed by atoms with Gasteiger partial charge in [0.15, 0.2) is 6.20 Å². The Bertz CT molecular complexity index is 2810. The van der Waals surface area contributed by atoms with Gasteiger partial charge in [-0.05, 0) is 80.4 Å². The lowest BCUT2D eigenvalue weighted by Gasteiger charge is -2.34. The summed E-state index contributed by atoms with van der Waals surface area (Å²) in [5.41, 5.74) is 15.9. The number of aromatic nitrogens is 1. The predicted octanol–water partition coefficient (Wildman–Crippen LogP) is 12.0. The van der Waals surface area contributed by atoms with Gasteiger partial charge in [-0.15, -0.1) is 0 Å². The standard InChI is InChI=1S/C51H35N2/c1-5-17-39(18-6-1)51(40-19-7-2-8-20-40)45-26-14-13-25-43(45)44-29-28-35(31-46(44)51)37-30-38-34-52(41-21-9-3-10-22-41)47-27-15-16-36-33-53(42-23-11-4-12-24-42)48(32-37)50(38)49(36)47/h1-32,34H,33H2/q+1. The van der Waals surface area contributed by atoms with E-state index in [1.54, 1.807) is 0 Å². The Balaban J connectivity index is 1.21. The maximum Gasteiger partial charge on any atom is 0.219 e. The molecule has 0 radical (unpaired) electrons. The van der Waals surface area contributed by atoms with Crippen LogP contribution in [0.25, 0.3) is 49.6 Å². The molecule has 0 N–H and O–H groups in total. The molecule has 0 bridgehead atoms. The summed E-state index contributed by atoms with van der Waals surface area (Å²) in [7, 11) is 0. The average molecular weight is 676 g/mol. The van der Waals surface area contributed by atoms with E-state index in [9.17, 15) is 0 Å². The molecule has 1 aliphatic heterocycles. The molecule has 0 atom stereocenters. The summed E-state index contributed by atoms with van der Waals surface area (Å²) < 4.78 is 2.38. The Morgan fingerprint density at radius 1 is 0.472 bits per heavy atom. The highest BCUT2D eigenvalue weighted by atomic mass is 15.1. The van der Waals surface area contributed by atoms with Crippen molar-refractivity contribution in [2.45, 2.75) is 12.0 Å². The topological polar surface area (TPSA) is 7.12 Å². The molecule has 0 saturated heterocycles. The summed E-state index contributed by atoms with van der Waals surface area (Å²) in [5, 5.41) is 3.86. The Morgan fingerprint density at radius 3 is 1.85 bits per heavy atom. The third-order valence-electron chi connectivity index (χ3n) is 11.6. The van der Waals surface area contributed by atoms with E-state index in [0.29, 0.717) is 0 Å². The molecule has 2 nitrogen and oxygen atoms in total. The predicted molar refractivity (Wildman–Crippen MR) is 218 cm³/mol. The van der Waals surface area contributed by atoms with Gasteiger partial charge in [0.2, 0.25) is 11.2 Å². The van der Waals surface area contributed by atoms with E-state index in [4.69, 9.17) is 0 Å². The molecule has 2 heteroatoms. The molecular weight excluding hydrogens is 641 g/mol. The van der Waals surface area contributed by atoms with E-state index in [-0.39, 0.29) is 0 Å². The summed E-state index contributed by atoms with van der Waals surface area (Å²) in [5.74, 6) is 0. The summed E-state index contributed by atoms with van der Waals surface area (Å²) in [6.07, 6.45) is 2.35. The third-order valence-corrected chi connectivity index (χ3v) is 11.6. The van der Waals surface area contributed by atoms with Crippen molar-refractivity contribution >= 4 is 33.1 Å². The van der Waals surface area contributed by atoms with Gasteiger partial charge in [-0.2, -0.15) is 4.57 Å². The zero-order valence-electron chi connectivity index (χ0n) is 29.2. The minimum atomic E-state index is -0.451. The Kier molecular flexibility index (Phi) is 6.56. The van der Waals surface area contributed by atoms with Crippen LogP contribution in [0.5, 0.6) is 0 Å². The normalized spacial score (nSPS) is 13.7. The van der Waals surface area contributed by atoms with Crippen molar-refractivity contribution in [2.75, 3.05) is 4.90 Å². The molecular formula is C51H35N2+. The summed E-state index contributed by atoms with van der Waals surface area (Å²) >= 11 is 0. The minimum absolute atomic E-state index is 0.451. The maximum absolute atomic E-state index is 2.50. The molecule has 9 aromatic rings. The third kappa shape index (κ3) is 4.36. The van der Waals surface area contributed by atoms with Crippen molar-refractivity contribution in [3.63, 3.8) is 0 Å². The van der Waals surface area contributed by atoms with Gasteiger partial charge >= 0.3 is 0 Å². The SMILES string of the molecule is c1ccc(N2Cc3cccc4c3c3c2cc(-c2ccc5c(c2)C(c2ccccc2)(c2ccccc2)c2ccccc2-5)cc3c[n+]4-c2ccccc2)cc1. The van der Waals surface area contributed by atoms with Gasteiger partial charge in [-0.1, -0.05) is 146 Å². The molecule has 248 valence electrons. The van der Waals surface area contributed by atoms with Crippen LogP contribution in [0.4, 0.5) is 11.4 Å². The van der Waals surface area contributed by atoms with Crippen molar-refractivity contribution in [1.82, 2.24) is 0 Å². The van der Waals surface area contributed by atoms with Crippen LogP contribution in [0.1, 0.15) is 27.8 Å². The van der Waals surface area contributed by atoms with Crippen LogP contribution < -0.4 is 9.47 Å². The van der Waals surface area contributed by atoms with Gasteiger partial charge in [0, 0.05) is 41.2 Å².